The van der Waals surface area contributed by atoms with Gasteiger partial charge < -0.3 is 4.74 Å². The summed E-state index contributed by atoms with van der Waals surface area (Å²) in [6, 6.07) is 0.336. The second-order valence-electron chi connectivity index (χ2n) is 4.45. The van der Waals surface area contributed by atoms with E-state index in [1.54, 1.807) is 6.92 Å². The van der Waals surface area contributed by atoms with Gasteiger partial charge in [0.05, 0.1) is 7.11 Å². The highest BCUT2D eigenvalue weighted by atomic mass is 79.9. The van der Waals surface area contributed by atoms with E-state index >= 15 is 0 Å². The van der Waals surface area contributed by atoms with Crippen molar-refractivity contribution in [2.45, 2.75) is 31.2 Å². The van der Waals surface area contributed by atoms with Crippen molar-refractivity contribution in [3.05, 3.63) is 21.9 Å². The van der Waals surface area contributed by atoms with Gasteiger partial charge in [-0.3, -0.25) is 4.79 Å². The van der Waals surface area contributed by atoms with Gasteiger partial charge >= 0.3 is 5.97 Å². The van der Waals surface area contributed by atoms with E-state index in [-0.39, 0.29) is 16.0 Å². The second-order valence-corrected chi connectivity index (χ2v) is 7.41. The zero-order valence-corrected chi connectivity index (χ0v) is 14.9. The Balaban J connectivity index is 3.17. The SMILES string of the molecule is CCC(C)C(NS(=O)(=O)c1cc(Br)cnc1Cl)C(=O)OC. The van der Waals surface area contributed by atoms with Gasteiger partial charge in [0.1, 0.15) is 16.1 Å². The monoisotopic (exact) mass is 398 g/mol. The predicted octanol–water partition coefficient (Wildman–Crippen LogP) is 2.36. The number of carbonyl (C=O) groups excluding carboxylic acids is 1. The number of methoxy groups -OCH3 is 1. The molecule has 0 aliphatic carbocycles. The van der Waals surface area contributed by atoms with Crippen LogP contribution in [0.25, 0.3) is 0 Å². The molecule has 0 spiro atoms. The van der Waals surface area contributed by atoms with Gasteiger partial charge in [-0.1, -0.05) is 31.9 Å². The molecule has 0 fully saturated rings. The summed E-state index contributed by atoms with van der Waals surface area (Å²) >= 11 is 8.96. The molecule has 118 valence electrons. The lowest BCUT2D eigenvalue weighted by molar-refractivity contribution is -0.143. The average molecular weight is 400 g/mol. The predicted molar refractivity (Wildman–Crippen MR) is 82.5 cm³/mol. The lowest BCUT2D eigenvalue weighted by Crippen LogP contribution is -2.45. The average Bonchev–Trinajstić information content (AvgIpc) is 2.45. The Hall–Kier alpha value is -0.700. The molecule has 0 saturated heterocycles. The van der Waals surface area contributed by atoms with E-state index < -0.39 is 22.0 Å². The highest BCUT2D eigenvalue weighted by Crippen LogP contribution is 2.23. The number of hydrogen-bond donors (Lipinski definition) is 1. The molecule has 2 atom stereocenters. The van der Waals surface area contributed by atoms with Crippen LogP contribution >= 0.6 is 27.5 Å². The van der Waals surface area contributed by atoms with Gasteiger partial charge in [0.15, 0.2) is 0 Å². The number of ether oxygens (including phenoxy) is 1. The van der Waals surface area contributed by atoms with E-state index in [9.17, 15) is 13.2 Å². The van der Waals surface area contributed by atoms with E-state index in [1.165, 1.54) is 19.4 Å². The van der Waals surface area contributed by atoms with E-state index in [1.807, 2.05) is 6.92 Å². The van der Waals surface area contributed by atoms with Gasteiger partial charge in [-0.05, 0) is 27.9 Å². The summed E-state index contributed by atoms with van der Waals surface area (Å²) in [5, 5.41) is -0.168. The number of nitrogens with one attached hydrogen (secondary N) is 1. The number of hydrogen-bond acceptors (Lipinski definition) is 5. The summed E-state index contributed by atoms with van der Waals surface area (Å²) < 4.78 is 32.2. The van der Waals surface area contributed by atoms with Crippen LogP contribution in [0.4, 0.5) is 0 Å². The quantitative estimate of drug-likeness (QED) is 0.586. The number of sulfonamides is 1. The maximum absolute atomic E-state index is 12.4. The van der Waals surface area contributed by atoms with Crippen molar-refractivity contribution in [3.63, 3.8) is 0 Å². The van der Waals surface area contributed by atoms with Crippen molar-refractivity contribution < 1.29 is 17.9 Å². The van der Waals surface area contributed by atoms with E-state index in [0.29, 0.717) is 10.9 Å². The number of pyridine rings is 1. The molecule has 0 amide bonds. The summed E-state index contributed by atoms with van der Waals surface area (Å²) in [6.07, 6.45) is 1.99. The fourth-order valence-electron chi connectivity index (χ4n) is 1.58. The molecule has 1 rings (SSSR count). The fourth-order valence-corrected chi connectivity index (χ4v) is 3.82. The van der Waals surface area contributed by atoms with Crippen molar-refractivity contribution in [3.8, 4) is 0 Å². The first-order chi connectivity index (χ1) is 9.72. The molecule has 21 heavy (non-hydrogen) atoms. The Morgan fingerprint density at radius 1 is 1.57 bits per heavy atom. The van der Waals surface area contributed by atoms with Crippen molar-refractivity contribution in [1.29, 1.82) is 0 Å². The summed E-state index contributed by atoms with van der Waals surface area (Å²) in [5.74, 6) is -0.877. The van der Waals surface area contributed by atoms with Gasteiger partial charge in [0.2, 0.25) is 10.0 Å². The maximum atomic E-state index is 12.4. The number of esters is 1. The number of aromatic nitrogens is 1. The second kappa shape index (κ2) is 7.53. The highest BCUT2D eigenvalue weighted by Gasteiger charge is 2.31. The third kappa shape index (κ3) is 4.64. The molecule has 0 bridgehead atoms. The van der Waals surface area contributed by atoms with Crippen molar-refractivity contribution >= 4 is 43.5 Å². The first kappa shape index (κ1) is 18.3. The Labute approximate surface area is 137 Å². The van der Waals surface area contributed by atoms with E-state index in [0.717, 1.165) is 0 Å². The summed E-state index contributed by atoms with van der Waals surface area (Å²) in [4.78, 5) is 15.3. The lowest BCUT2D eigenvalue weighted by Gasteiger charge is -2.21. The third-order valence-electron chi connectivity index (χ3n) is 3.01. The minimum atomic E-state index is -4.00. The molecule has 9 heteroatoms. The minimum absolute atomic E-state index is 0.168. The summed E-state index contributed by atoms with van der Waals surface area (Å²) in [5.41, 5.74) is 0. The van der Waals surface area contributed by atoms with Crippen LogP contribution in [0.3, 0.4) is 0 Å². The number of nitrogens with zero attached hydrogens (tertiary/aromatic N) is 1. The zero-order valence-electron chi connectivity index (χ0n) is 11.8. The Bertz CT molecular complexity index is 624. The zero-order chi connectivity index (χ0) is 16.2. The maximum Gasteiger partial charge on any atom is 0.324 e. The molecule has 1 aromatic rings. The van der Waals surface area contributed by atoms with Crippen LogP contribution in [0.2, 0.25) is 5.15 Å². The molecule has 0 aromatic carbocycles. The molecule has 1 aromatic heterocycles. The van der Waals surface area contributed by atoms with Crippen LogP contribution in [-0.4, -0.2) is 32.5 Å². The molecule has 0 saturated carbocycles. The first-order valence-corrected chi connectivity index (χ1v) is 8.79. The first-order valence-electron chi connectivity index (χ1n) is 6.14. The topological polar surface area (TPSA) is 85.4 Å². The van der Waals surface area contributed by atoms with Gasteiger partial charge in [0.25, 0.3) is 0 Å². The van der Waals surface area contributed by atoms with Crippen molar-refractivity contribution in [1.82, 2.24) is 9.71 Å². The largest absolute Gasteiger partial charge is 0.468 e. The van der Waals surface area contributed by atoms with Gasteiger partial charge in [-0.15, -0.1) is 0 Å². The van der Waals surface area contributed by atoms with Crippen LogP contribution < -0.4 is 4.72 Å². The van der Waals surface area contributed by atoms with Gasteiger partial charge in [-0.2, -0.15) is 4.72 Å². The van der Waals surface area contributed by atoms with Crippen LogP contribution in [0.5, 0.6) is 0 Å². The van der Waals surface area contributed by atoms with Crippen LogP contribution in [0.15, 0.2) is 21.6 Å². The van der Waals surface area contributed by atoms with Gasteiger partial charge in [-0.25, -0.2) is 13.4 Å². The van der Waals surface area contributed by atoms with Crippen molar-refractivity contribution in [2.24, 2.45) is 5.92 Å². The third-order valence-corrected chi connectivity index (χ3v) is 5.31. The van der Waals surface area contributed by atoms with Gasteiger partial charge in [0, 0.05) is 10.7 Å². The molecule has 1 N–H and O–H groups in total. The van der Waals surface area contributed by atoms with E-state index in [2.05, 4.69) is 30.4 Å². The molecular formula is C12H16BrClN2O4S. The van der Waals surface area contributed by atoms with E-state index in [4.69, 9.17) is 11.6 Å². The molecule has 1 heterocycles. The minimum Gasteiger partial charge on any atom is -0.468 e. The highest BCUT2D eigenvalue weighted by molar-refractivity contribution is 9.10. The van der Waals surface area contributed by atoms with Crippen LogP contribution in [0.1, 0.15) is 20.3 Å². The van der Waals surface area contributed by atoms with Crippen LogP contribution in [0, 0.1) is 5.92 Å². The smallest absolute Gasteiger partial charge is 0.324 e. The summed E-state index contributed by atoms with van der Waals surface area (Å²) in [6.45, 7) is 3.60. The number of halogens is 2. The molecule has 6 nitrogen and oxygen atoms in total. The fraction of sp³-hybridized carbons (Fsp3) is 0.500. The Morgan fingerprint density at radius 2 is 2.19 bits per heavy atom. The standard InChI is InChI=1S/C12H16BrClN2O4S/c1-4-7(2)10(12(17)20-3)16-21(18,19)9-5-8(13)6-15-11(9)14/h5-7,10,16H,4H2,1-3H3. The molecular weight excluding hydrogens is 384 g/mol. The Kier molecular flexibility index (Phi) is 6.58. The number of rotatable bonds is 6. The lowest BCUT2D eigenvalue weighted by atomic mass is 10.0. The molecule has 0 aliphatic heterocycles. The normalized spacial score (nSPS) is 14.5. The number of carbonyl (C=O) groups is 1. The van der Waals surface area contributed by atoms with Crippen molar-refractivity contribution in [2.75, 3.05) is 7.11 Å². The molecule has 2 unspecified atom stereocenters. The summed E-state index contributed by atoms with van der Waals surface area (Å²) in [7, 11) is -2.79. The van der Waals surface area contributed by atoms with Crippen LogP contribution in [-0.2, 0) is 19.6 Å². The Morgan fingerprint density at radius 3 is 2.71 bits per heavy atom. The molecule has 0 radical (unpaired) electrons. The molecule has 0 aliphatic rings.